The molecule has 5 heavy (non-hydrogen) atoms. The van der Waals surface area contributed by atoms with E-state index in [0.29, 0.717) is 6.61 Å². The van der Waals surface area contributed by atoms with Crippen LogP contribution in [0.2, 0.25) is 0 Å². The van der Waals surface area contributed by atoms with Crippen LogP contribution in [0.15, 0.2) is 0 Å². The molecule has 0 aliphatic heterocycles. The SMILES string of the molecule is CC[O][Co]=[O]. The van der Waals surface area contributed by atoms with E-state index in [1.807, 2.05) is 0 Å². The van der Waals surface area contributed by atoms with Gasteiger partial charge in [0, 0.05) is 0 Å². The van der Waals surface area contributed by atoms with Crippen molar-refractivity contribution in [2.24, 2.45) is 0 Å². The molecule has 0 aromatic rings. The molecule has 2 nitrogen and oxygen atoms in total. The van der Waals surface area contributed by atoms with Crippen molar-refractivity contribution in [1.29, 1.82) is 0 Å². The fourth-order valence-electron chi connectivity index (χ4n) is 0.0393. The van der Waals surface area contributed by atoms with Crippen LogP contribution in [0.25, 0.3) is 0 Å². The summed E-state index contributed by atoms with van der Waals surface area (Å²) in [6.07, 6.45) is 0. The summed E-state index contributed by atoms with van der Waals surface area (Å²) < 4.78 is 13.5. The summed E-state index contributed by atoms with van der Waals surface area (Å²) >= 11 is -0.197. The molecule has 0 aromatic heterocycles. The van der Waals surface area contributed by atoms with E-state index in [9.17, 15) is 3.87 Å². The second-order valence-electron chi connectivity index (χ2n) is 0.440. The molecule has 0 spiro atoms. The molecular weight excluding hydrogens is 115 g/mol. The Morgan fingerprint density at radius 3 is 2.60 bits per heavy atom. The summed E-state index contributed by atoms with van der Waals surface area (Å²) in [5.41, 5.74) is 0. The van der Waals surface area contributed by atoms with Crippen LogP contribution in [0.5, 0.6) is 0 Å². The molecule has 0 saturated heterocycles. The van der Waals surface area contributed by atoms with Crippen LogP contribution in [-0.4, -0.2) is 6.61 Å². The monoisotopic (exact) mass is 120 g/mol. The molecular formula is C2H5CoO2. The Morgan fingerprint density at radius 2 is 2.60 bits per heavy atom. The number of rotatable bonds is 2. The summed E-state index contributed by atoms with van der Waals surface area (Å²) in [4.78, 5) is 0. The van der Waals surface area contributed by atoms with Gasteiger partial charge in [0.1, 0.15) is 0 Å². The van der Waals surface area contributed by atoms with Crippen molar-refractivity contribution in [3.05, 3.63) is 0 Å². The van der Waals surface area contributed by atoms with Crippen molar-refractivity contribution in [2.75, 3.05) is 6.61 Å². The molecule has 0 unspecified atom stereocenters. The zero-order valence-corrected chi connectivity index (χ0v) is 3.90. The van der Waals surface area contributed by atoms with Crippen LogP contribution in [0.4, 0.5) is 0 Å². The van der Waals surface area contributed by atoms with E-state index in [0.717, 1.165) is 0 Å². The van der Waals surface area contributed by atoms with Gasteiger partial charge in [-0.15, -0.1) is 0 Å². The van der Waals surface area contributed by atoms with E-state index in [-0.39, 0.29) is 15.0 Å². The fourth-order valence-corrected chi connectivity index (χ4v) is 0.162. The van der Waals surface area contributed by atoms with Crippen molar-refractivity contribution in [3.8, 4) is 0 Å². The van der Waals surface area contributed by atoms with Gasteiger partial charge in [0.25, 0.3) is 0 Å². The van der Waals surface area contributed by atoms with Gasteiger partial charge in [-0.05, 0) is 0 Å². The molecule has 34 valence electrons. The second-order valence-corrected chi connectivity index (χ2v) is 0.914. The van der Waals surface area contributed by atoms with Crippen LogP contribution in [0.1, 0.15) is 6.92 Å². The number of hydrogen-bond donors (Lipinski definition) is 0. The maximum absolute atomic E-state index is 9.28. The third-order valence-electron chi connectivity index (χ3n) is 0.136. The first-order chi connectivity index (χ1) is 2.41. The van der Waals surface area contributed by atoms with E-state index < -0.39 is 0 Å². The van der Waals surface area contributed by atoms with E-state index in [2.05, 4.69) is 3.85 Å². The van der Waals surface area contributed by atoms with Crippen molar-refractivity contribution < 1.29 is 22.7 Å². The Balaban J connectivity index is 2.40. The summed E-state index contributed by atoms with van der Waals surface area (Å²) in [7, 11) is 0. The summed E-state index contributed by atoms with van der Waals surface area (Å²) in [5, 5.41) is 0. The molecule has 0 bridgehead atoms. The molecule has 0 aliphatic rings. The molecule has 0 saturated carbocycles. The Kier molecular flexibility index (Phi) is 4.49. The van der Waals surface area contributed by atoms with Crippen molar-refractivity contribution in [3.63, 3.8) is 0 Å². The summed E-state index contributed by atoms with van der Waals surface area (Å²) in [5.74, 6) is 0. The van der Waals surface area contributed by atoms with Gasteiger partial charge in [-0.3, -0.25) is 0 Å². The standard InChI is InChI=1S/C2H5O.Co.O/c1-2-3;;/h2H2,1H3;;/q-1;+1;. The summed E-state index contributed by atoms with van der Waals surface area (Å²) in [6, 6.07) is 0. The molecule has 0 aromatic carbocycles. The normalized spacial score (nSPS) is 9.00. The third-order valence-corrected chi connectivity index (χ3v) is 0.559. The van der Waals surface area contributed by atoms with Gasteiger partial charge >= 0.3 is 36.2 Å². The van der Waals surface area contributed by atoms with Gasteiger partial charge in [-0.2, -0.15) is 0 Å². The van der Waals surface area contributed by atoms with Gasteiger partial charge in [-0.1, -0.05) is 0 Å². The Labute approximate surface area is 37.0 Å². The molecule has 3 heteroatoms. The molecule has 0 heterocycles. The van der Waals surface area contributed by atoms with Crippen LogP contribution in [0.3, 0.4) is 0 Å². The molecule has 0 N–H and O–H groups in total. The molecule has 0 atom stereocenters. The number of hydrogen-bond acceptors (Lipinski definition) is 2. The zero-order chi connectivity index (χ0) is 4.12. The van der Waals surface area contributed by atoms with Gasteiger partial charge in [0.15, 0.2) is 0 Å². The van der Waals surface area contributed by atoms with Gasteiger partial charge in [0.2, 0.25) is 0 Å². The van der Waals surface area contributed by atoms with Crippen LogP contribution >= 0.6 is 0 Å². The maximum atomic E-state index is 9.28. The predicted molar refractivity (Wildman–Crippen MR) is 12.3 cm³/mol. The van der Waals surface area contributed by atoms with E-state index >= 15 is 0 Å². The van der Waals surface area contributed by atoms with Crippen LogP contribution < -0.4 is 0 Å². The topological polar surface area (TPSA) is 26.3 Å². The molecule has 0 fully saturated rings. The first-order valence-corrected chi connectivity index (χ1v) is 2.12. The van der Waals surface area contributed by atoms with Gasteiger partial charge in [-0.25, -0.2) is 0 Å². The fraction of sp³-hybridized carbons (Fsp3) is 1.00. The van der Waals surface area contributed by atoms with Crippen molar-refractivity contribution in [1.82, 2.24) is 0 Å². The first kappa shape index (κ1) is 5.27. The van der Waals surface area contributed by atoms with E-state index in [1.54, 1.807) is 6.92 Å². The molecule has 0 rings (SSSR count). The third kappa shape index (κ3) is 4.27. The van der Waals surface area contributed by atoms with Gasteiger partial charge in [0.05, 0.1) is 0 Å². The second kappa shape index (κ2) is 4.27. The van der Waals surface area contributed by atoms with Gasteiger partial charge < -0.3 is 0 Å². The van der Waals surface area contributed by atoms with Crippen LogP contribution in [0, 0.1) is 0 Å². The van der Waals surface area contributed by atoms with Crippen LogP contribution in [-0.2, 0) is 22.7 Å². The first-order valence-electron chi connectivity index (χ1n) is 1.27. The average Bonchev–Trinajstić information content (AvgIpc) is 1.41. The summed E-state index contributed by atoms with van der Waals surface area (Å²) in [6.45, 7) is 2.30. The predicted octanol–water partition coefficient (Wildman–Crippen LogP) is 0.366. The zero-order valence-electron chi connectivity index (χ0n) is 2.86. The minimum atomic E-state index is -0.197. The minimum absolute atomic E-state index is 0.197. The Bertz CT molecular complexity index is 28.8. The average molecular weight is 120 g/mol. The van der Waals surface area contributed by atoms with E-state index in [1.165, 1.54) is 0 Å². The molecule has 0 amide bonds. The molecule has 0 aliphatic carbocycles. The van der Waals surface area contributed by atoms with Crippen molar-refractivity contribution >= 4 is 0 Å². The van der Waals surface area contributed by atoms with E-state index in [4.69, 9.17) is 0 Å². The molecule has 0 radical (unpaired) electrons. The Hall–Kier alpha value is 0.266. The Morgan fingerprint density at radius 1 is 2.00 bits per heavy atom. The van der Waals surface area contributed by atoms with Crippen molar-refractivity contribution in [2.45, 2.75) is 6.92 Å². The quantitative estimate of drug-likeness (QED) is 0.526.